The third kappa shape index (κ3) is 3.19. The van der Waals surface area contributed by atoms with Crippen molar-refractivity contribution in [1.29, 1.82) is 0 Å². The Morgan fingerprint density at radius 3 is 2.67 bits per heavy atom. The van der Waals surface area contributed by atoms with Crippen LogP contribution in [0.25, 0.3) is 10.9 Å². The van der Waals surface area contributed by atoms with Crippen LogP contribution in [0.2, 0.25) is 0 Å². The second-order valence-corrected chi connectivity index (χ2v) is 4.33. The van der Waals surface area contributed by atoms with E-state index in [1.807, 2.05) is 41.1 Å². The highest BCUT2D eigenvalue weighted by molar-refractivity contribution is 6.05. The van der Waals surface area contributed by atoms with Crippen molar-refractivity contribution in [2.24, 2.45) is 5.73 Å². The van der Waals surface area contributed by atoms with Crippen LogP contribution in [-0.2, 0) is 16.1 Å². The Morgan fingerprint density at radius 2 is 2.00 bits per heavy atom. The van der Waals surface area contributed by atoms with E-state index in [0.29, 0.717) is 12.1 Å². The van der Waals surface area contributed by atoms with Crippen LogP contribution < -0.4 is 11.1 Å². The van der Waals surface area contributed by atoms with Gasteiger partial charge in [-0.3, -0.25) is 10.1 Å². The molecule has 0 unspecified atom stereocenters. The summed E-state index contributed by atoms with van der Waals surface area (Å²) in [6.07, 6.45) is 1.68. The fraction of sp³-hybridized carbons (Fsp3) is 0.214. The van der Waals surface area contributed by atoms with Crippen molar-refractivity contribution in [2.45, 2.75) is 13.5 Å². The van der Waals surface area contributed by atoms with E-state index < -0.39 is 24.5 Å². The molecule has 0 aliphatic rings. The molecule has 0 fully saturated rings. The van der Waals surface area contributed by atoms with Gasteiger partial charge in [-0.25, -0.2) is 9.59 Å². The summed E-state index contributed by atoms with van der Waals surface area (Å²) in [6.45, 7) is 2.10. The maximum Gasteiger partial charge on any atom is 0.340 e. The fourth-order valence-electron chi connectivity index (χ4n) is 2.05. The number of aromatic nitrogens is 1. The quantitative estimate of drug-likeness (QED) is 0.820. The fourth-order valence-corrected chi connectivity index (χ4v) is 2.05. The highest BCUT2D eigenvalue weighted by Crippen LogP contribution is 2.21. The van der Waals surface area contributed by atoms with Crippen LogP contribution in [0.3, 0.4) is 0 Å². The molecule has 0 spiro atoms. The summed E-state index contributed by atoms with van der Waals surface area (Å²) in [6, 6.07) is 6.42. The molecule has 1 aromatic heterocycles. The van der Waals surface area contributed by atoms with Crippen molar-refractivity contribution < 1.29 is 19.1 Å². The molecule has 1 heterocycles. The standard InChI is InChI=1S/C14H15N3O4/c1-2-17-7-10(9-5-3-4-6-11(9)17)13(19)21-8-12(18)16-14(15)20/h3-7H,2,8H2,1H3,(H3,15,16,18,20). The molecule has 2 aromatic rings. The number of hydrogen-bond donors (Lipinski definition) is 2. The zero-order valence-corrected chi connectivity index (χ0v) is 11.5. The minimum Gasteiger partial charge on any atom is -0.452 e. The number of nitrogens with one attached hydrogen (secondary N) is 1. The van der Waals surface area contributed by atoms with Gasteiger partial charge in [-0.05, 0) is 13.0 Å². The number of aryl methyl sites for hydroxylation is 1. The number of fused-ring (bicyclic) bond motifs is 1. The Labute approximate surface area is 120 Å². The zero-order chi connectivity index (χ0) is 15.4. The zero-order valence-electron chi connectivity index (χ0n) is 11.5. The SMILES string of the molecule is CCn1cc(C(=O)OCC(=O)NC(N)=O)c2ccccc21. The summed E-state index contributed by atoms with van der Waals surface area (Å²) in [4.78, 5) is 33.8. The monoisotopic (exact) mass is 289 g/mol. The summed E-state index contributed by atoms with van der Waals surface area (Å²) in [7, 11) is 0. The molecule has 0 saturated carbocycles. The Hall–Kier alpha value is -2.83. The van der Waals surface area contributed by atoms with Crippen molar-refractivity contribution in [3.05, 3.63) is 36.0 Å². The van der Waals surface area contributed by atoms with Crippen LogP contribution in [0.1, 0.15) is 17.3 Å². The van der Waals surface area contributed by atoms with Crippen molar-refractivity contribution in [2.75, 3.05) is 6.61 Å². The molecule has 1 aromatic carbocycles. The average molecular weight is 289 g/mol. The van der Waals surface area contributed by atoms with Gasteiger partial charge in [0.15, 0.2) is 6.61 Å². The number of benzene rings is 1. The van der Waals surface area contributed by atoms with Gasteiger partial charge >= 0.3 is 12.0 Å². The van der Waals surface area contributed by atoms with Crippen LogP contribution in [-0.4, -0.2) is 29.1 Å². The van der Waals surface area contributed by atoms with Crippen LogP contribution in [0, 0.1) is 0 Å². The van der Waals surface area contributed by atoms with Gasteiger partial charge in [-0.15, -0.1) is 0 Å². The lowest BCUT2D eigenvalue weighted by molar-refractivity contribution is -0.123. The number of rotatable bonds is 4. The number of primary amides is 1. The Morgan fingerprint density at radius 1 is 1.29 bits per heavy atom. The van der Waals surface area contributed by atoms with Gasteiger partial charge in [0.1, 0.15) is 0 Å². The first kappa shape index (κ1) is 14.6. The number of hydrogen-bond acceptors (Lipinski definition) is 4. The number of ether oxygens (including phenoxy) is 1. The number of esters is 1. The van der Waals surface area contributed by atoms with Gasteiger partial charge in [0, 0.05) is 23.6 Å². The molecule has 0 aliphatic carbocycles. The van der Waals surface area contributed by atoms with E-state index in [1.165, 1.54) is 0 Å². The minimum absolute atomic E-state index is 0.374. The number of nitrogens with two attached hydrogens (primary N) is 1. The number of urea groups is 1. The predicted octanol–water partition coefficient (Wildman–Crippen LogP) is 1.01. The average Bonchev–Trinajstić information content (AvgIpc) is 2.83. The first-order chi connectivity index (χ1) is 10.0. The smallest absolute Gasteiger partial charge is 0.340 e. The molecule has 21 heavy (non-hydrogen) atoms. The van der Waals surface area contributed by atoms with Crippen LogP contribution in [0.5, 0.6) is 0 Å². The molecule has 3 amide bonds. The van der Waals surface area contributed by atoms with E-state index >= 15 is 0 Å². The van der Waals surface area contributed by atoms with Crippen LogP contribution in [0.15, 0.2) is 30.5 Å². The highest BCUT2D eigenvalue weighted by Gasteiger charge is 2.17. The second kappa shape index (κ2) is 6.08. The second-order valence-electron chi connectivity index (χ2n) is 4.33. The molecule has 0 aliphatic heterocycles. The molecule has 110 valence electrons. The summed E-state index contributed by atoms with van der Waals surface area (Å²) < 4.78 is 6.80. The summed E-state index contributed by atoms with van der Waals surface area (Å²) in [5.41, 5.74) is 6.08. The molecule has 7 heteroatoms. The lowest BCUT2D eigenvalue weighted by Crippen LogP contribution is -2.37. The van der Waals surface area contributed by atoms with Crippen molar-refractivity contribution in [1.82, 2.24) is 9.88 Å². The number of para-hydroxylation sites is 1. The van der Waals surface area contributed by atoms with E-state index in [9.17, 15) is 14.4 Å². The predicted molar refractivity (Wildman–Crippen MR) is 75.6 cm³/mol. The van der Waals surface area contributed by atoms with Crippen molar-refractivity contribution in [3.8, 4) is 0 Å². The highest BCUT2D eigenvalue weighted by atomic mass is 16.5. The summed E-state index contributed by atoms with van der Waals surface area (Å²) in [5, 5.41) is 2.57. The molecule has 2 rings (SSSR count). The van der Waals surface area contributed by atoms with E-state index in [2.05, 4.69) is 0 Å². The largest absolute Gasteiger partial charge is 0.452 e. The Bertz CT molecular complexity index is 705. The summed E-state index contributed by atoms with van der Waals surface area (Å²) >= 11 is 0. The molecule has 0 bridgehead atoms. The van der Waals surface area contributed by atoms with Gasteiger partial charge < -0.3 is 15.0 Å². The van der Waals surface area contributed by atoms with Crippen molar-refractivity contribution in [3.63, 3.8) is 0 Å². The summed E-state index contributed by atoms with van der Waals surface area (Å²) in [5.74, 6) is -1.40. The normalized spacial score (nSPS) is 10.3. The first-order valence-corrected chi connectivity index (χ1v) is 6.37. The molecule has 0 radical (unpaired) electrons. The van der Waals surface area contributed by atoms with Gasteiger partial charge in [0.25, 0.3) is 5.91 Å². The van der Waals surface area contributed by atoms with E-state index in [1.54, 1.807) is 6.20 Å². The van der Waals surface area contributed by atoms with Crippen molar-refractivity contribution >= 4 is 28.8 Å². The number of imide groups is 1. The topological polar surface area (TPSA) is 103 Å². The maximum absolute atomic E-state index is 12.0. The van der Waals surface area contributed by atoms with E-state index in [0.717, 1.165) is 10.9 Å². The molecule has 0 atom stereocenters. The maximum atomic E-state index is 12.0. The van der Waals surface area contributed by atoms with Gasteiger partial charge in [0.2, 0.25) is 0 Å². The number of carbonyl (C=O) groups excluding carboxylic acids is 3. The van der Waals surface area contributed by atoms with Gasteiger partial charge in [-0.1, -0.05) is 18.2 Å². The van der Waals surface area contributed by atoms with E-state index in [-0.39, 0.29) is 0 Å². The molecule has 7 nitrogen and oxygen atoms in total. The lowest BCUT2D eigenvalue weighted by Gasteiger charge is -2.03. The number of amides is 3. The third-order valence-electron chi connectivity index (χ3n) is 2.95. The van der Waals surface area contributed by atoms with Crippen LogP contribution >= 0.6 is 0 Å². The number of nitrogens with zero attached hydrogens (tertiary/aromatic N) is 1. The third-order valence-corrected chi connectivity index (χ3v) is 2.95. The van der Waals surface area contributed by atoms with Gasteiger partial charge in [-0.2, -0.15) is 0 Å². The van der Waals surface area contributed by atoms with E-state index in [4.69, 9.17) is 10.5 Å². The number of carbonyl (C=O) groups is 3. The molecule has 3 N–H and O–H groups in total. The molecule has 0 saturated heterocycles. The Kier molecular flexibility index (Phi) is 4.22. The van der Waals surface area contributed by atoms with Crippen LogP contribution in [0.4, 0.5) is 4.79 Å². The lowest BCUT2D eigenvalue weighted by atomic mass is 10.2. The molecular formula is C14H15N3O4. The minimum atomic E-state index is -0.987. The Balaban J connectivity index is 2.16. The first-order valence-electron chi connectivity index (χ1n) is 6.37. The molecular weight excluding hydrogens is 274 g/mol. The van der Waals surface area contributed by atoms with Gasteiger partial charge in [0.05, 0.1) is 5.56 Å².